The number of benzene rings is 1. The smallest absolute Gasteiger partial charge is 0.357 e. The highest BCUT2D eigenvalue weighted by molar-refractivity contribution is 7.74. The summed E-state index contributed by atoms with van der Waals surface area (Å²) in [5.41, 5.74) is 5.95. The number of methoxy groups -OCH3 is 1. The lowest BCUT2D eigenvalue weighted by molar-refractivity contribution is 0.412. The van der Waals surface area contributed by atoms with Gasteiger partial charge < -0.3 is 14.7 Å². The number of ether oxygens (including phenoxy) is 1. The molecule has 0 spiro atoms. The van der Waals surface area contributed by atoms with Crippen molar-refractivity contribution in [2.45, 2.75) is 0 Å². The average molecular weight is 203 g/mol. The van der Waals surface area contributed by atoms with Gasteiger partial charge in [-0.25, -0.2) is 0 Å². The lowest BCUT2D eigenvalue weighted by atomic mass is 10.3. The molecule has 1 unspecified atom stereocenters. The molecular weight excluding hydrogens is 194 g/mol. The minimum atomic E-state index is -2.33. The number of nitrogen functional groups attached to an aromatic ring is 1. The molecule has 0 saturated carbocycles. The molecule has 6 heteroatoms. The highest BCUT2D eigenvalue weighted by Crippen LogP contribution is 2.26. The van der Waals surface area contributed by atoms with Crippen LogP contribution in [0.4, 0.5) is 5.69 Å². The van der Waals surface area contributed by atoms with Crippen molar-refractivity contribution in [2.75, 3.05) is 12.8 Å². The topological polar surface area (TPSA) is 81.8 Å². The van der Waals surface area contributed by atoms with Gasteiger partial charge in [-0.05, 0) is 12.1 Å². The van der Waals surface area contributed by atoms with Crippen molar-refractivity contribution in [3.63, 3.8) is 0 Å². The van der Waals surface area contributed by atoms with Gasteiger partial charge in [-0.3, -0.25) is 4.55 Å². The number of anilines is 1. The van der Waals surface area contributed by atoms with Crippen LogP contribution in [0.2, 0.25) is 0 Å². The Morgan fingerprint density at radius 1 is 1.54 bits per heavy atom. The maximum absolute atomic E-state index is 10.3. The fourth-order valence-corrected chi connectivity index (χ4v) is 1.09. The van der Waals surface area contributed by atoms with Crippen LogP contribution in [0.5, 0.6) is 11.5 Å². The van der Waals surface area contributed by atoms with Crippen molar-refractivity contribution in [1.82, 2.24) is 0 Å². The largest absolute Gasteiger partial charge is 0.494 e. The maximum Gasteiger partial charge on any atom is 0.357 e. The molecular formula is C7H9NO4S. The molecule has 3 N–H and O–H groups in total. The molecule has 0 heterocycles. The molecule has 13 heavy (non-hydrogen) atoms. The molecule has 0 aliphatic carbocycles. The fraction of sp³-hybridized carbons (Fsp3) is 0.143. The van der Waals surface area contributed by atoms with Crippen molar-refractivity contribution in [2.24, 2.45) is 0 Å². The molecule has 1 rings (SSSR count). The molecule has 1 atom stereocenters. The van der Waals surface area contributed by atoms with Crippen LogP contribution in [-0.4, -0.2) is 15.9 Å². The van der Waals surface area contributed by atoms with Crippen LogP contribution >= 0.6 is 0 Å². The van der Waals surface area contributed by atoms with Crippen molar-refractivity contribution in [3.05, 3.63) is 18.2 Å². The molecule has 1 aromatic rings. The van der Waals surface area contributed by atoms with Crippen LogP contribution in [0.3, 0.4) is 0 Å². The summed E-state index contributed by atoms with van der Waals surface area (Å²) in [6, 6.07) is 4.44. The van der Waals surface area contributed by atoms with E-state index in [1.807, 2.05) is 0 Å². The Hall–Kier alpha value is -1.27. The summed E-state index contributed by atoms with van der Waals surface area (Å²) in [5.74, 6) is 0.634. The maximum atomic E-state index is 10.3. The van der Waals surface area contributed by atoms with Crippen molar-refractivity contribution in [1.29, 1.82) is 0 Å². The lowest BCUT2D eigenvalue weighted by Crippen LogP contribution is -1.99. The first-order valence-corrected chi connectivity index (χ1v) is 4.39. The zero-order chi connectivity index (χ0) is 9.84. The van der Waals surface area contributed by atoms with Gasteiger partial charge in [0, 0.05) is 6.07 Å². The van der Waals surface area contributed by atoms with E-state index in [0.717, 1.165) is 0 Å². The van der Waals surface area contributed by atoms with Gasteiger partial charge in [0.15, 0.2) is 0 Å². The Balaban J connectivity index is 2.92. The Morgan fingerprint density at radius 3 is 2.77 bits per heavy atom. The predicted octanol–water partition coefficient (Wildman–Crippen LogP) is 0.793. The summed E-state index contributed by atoms with van der Waals surface area (Å²) < 4.78 is 28.1. The van der Waals surface area contributed by atoms with Gasteiger partial charge in [0.1, 0.15) is 11.5 Å². The van der Waals surface area contributed by atoms with E-state index in [4.69, 9.17) is 15.0 Å². The number of hydrogen-bond acceptors (Lipinski definition) is 4. The molecule has 1 aromatic carbocycles. The van der Waals surface area contributed by atoms with Crippen LogP contribution in [-0.2, 0) is 11.4 Å². The van der Waals surface area contributed by atoms with Crippen molar-refractivity contribution >= 4 is 17.0 Å². The van der Waals surface area contributed by atoms with Crippen molar-refractivity contribution < 1.29 is 17.7 Å². The van der Waals surface area contributed by atoms with E-state index in [9.17, 15) is 4.21 Å². The quantitative estimate of drug-likeness (QED) is 0.560. The first-order chi connectivity index (χ1) is 6.13. The van der Waals surface area contributed by atoms with E-state index < -0.39 is 11.4 Å². The summed E-state index contributed by atoms with van der Waals surface area (Å²) in [6.07, 6.45) is 0. The summed E-state index contributed by atoms with van der Waals surface area (Å²) in [6.45, 7) is 0. The van der Waals surface area contributed by atoms with Crippen LogP contribution in [0.15, 0.2) is 18.2 Å². The molecule has 0 radical (unpaired) electrons. The molecule has 5 nitrogen and oxygen atoms in total. The van der Waals surface area contributed by atoms with Gasteiger partial charge in [-0.15, -0.1) is 0 Å². The number of rotatable bonds is 3. The third-order valence-corrected chi connectivity index (χ3v) is 1.71. The summed E-state index contributed by atoms with van der Waals surface area (Å²) in [7, 11) is 1.45. The van der Waals surface area contributed by atoms with Crippen LogP contribution in [0.25, 0.3) is 0 Å². The van der Waals surface area contributed by atoms with Gasteiger partial charge in [-0.1, -0.05) is 0 Å². The highest BCUT2D eigenvalue weighted by atomic mass is 32.2. The zero-order valence-corrected chi connectivity index (χ0v) is 7.71. The zero-order valence-electron chi connectivity index (χ0n) is 6.89. The highest BCUT2D eigenvalue weighted by Gasteiger charge is 2.03. The molecule has 0 amide bonds. The Bertz CT molecular complexity index is 328. The second kappa shape index (κ2) is 4.11. The van der Waals surface area contributed by atoms with E-state index in [-0.39, 0.29) is 5.75 Å². The number of nitrogens with two attached hydrogens (primary N) is 1. The monoisotopic (exact) mass is 203 g/mol. The Morgan fingerprint density at radius 2 is 2.23 bits per heavy atom. The van der Waals surface area contributed by atoms with Crippen LogP contribution in [0, 0.1) is 0 Å². The van der Waals surface area contributed by atoms with Crippen molar-refractivity contribution in [3.8, 4) is 11.5 Å². The first kappa shape index (κ1) is 9.82. The Labute approximate surface area is 77.9 Å². The van der Waals surface area contributed by atoms with E-state index in [2.05, 4.69) is 4.18 Å². The minimum absolute atomic E-state index is 0.229. The minimum Gasteiger partial charge on any atom is -0.494 e. The molecule has 0 aliphatic rings. The molecule has 0 aliphatic heterocycles. The molecule has 0 aromatic heterocycles. The second-order valence-corrected chi connectivity index (χ2v) is 2.81. The normalized spacial score (nSPS) is 12.2. The third-order valence-electron chi connectivity index (χ3n) is 1.37. The van der Waals surface area contributed by atoms with E-state index in [1.54, 1.807) is 0 Å². The average Bonchev–Trinajstić information content (AvgIpc) is 2.07. The van der Waals surface area contributed by atoms with Gasteiger partial charge in [-0.2, -0.15) is 4.21 Å². The van der Waals surface area contributed by atoms with Gasteiger partial charge in [0.2, 0.25) is 0 Å². The second-order valence-electron chi connectivity index (χ2n) is 2.20. The standard InChI is InChI=1S/C7H9NO4S/c1-11-7-4-5(12-13(9)10)2-3-6(7)8/h2-4H,8H2,1H3,(H,9,10). The number of hydrogen-bond donors (Lipinski definition) is 2. The van der Waals surface area contributed by atoms with E-state index in [1.165, 1.54) is 25.3 Å². The van der Waals surface area contributed by atoms with E-state index in [0.29, 0.717) is 11.4 Å². The first-order valence-electron chi connectivity index (χ1n) is 3.36. The third kappa shape index (κ3) is 2.60. The molecule has 0 saturated heterocycles. The van der Waals surface area contributed by atoms with Gasteiger partial charge in [0.05, 0.1) is 12.8 Å². The van der Waals surface area contributed by atoms with Gasteiger partial charge >= 0.3 is 11.4 Å². The van der Waals surface area contributed by atoms with Crippen LogP contribution in [0.1, 0.15) is 0 Å². The lowest BCUT2D eigenvalue weighted by Gasteiger charge is -2.05. The SMILES string of the molecule is COc1cc(OS(=O)O)ccc1N. The fourth-order valence-electron chi connectivity index (χ4n) is 0.826. The summed E-state index contributed by atoms with van der Waals surface area (Å²) in [5, 5.41) is 0. The molecule has 0 bridgehead atoms. The van der Waals surface area contributed by atoms with Crippen LogP contribution < -0.4 is 14.7 Å². The van der Waals surface area contributed by atoms with Gasteiger partial charge in [0.25, 0.3) is 0 Å². The van der Waals surface area contributed by atoms with E-state index >= 15 is 0 Å². The molecule has 0 fully saturated rings. The molecule has 72 valence electrons. The predicted molar refractivity (Wildman–Crippen MR) is 48.8 cm³/mol. The summed E-state index contributed by atoms with van der Waals surface area (Å²) in [4.78, 5) is 0. The summed E-state index contributed by atoms with van der Waals surface area (Å²) >= 11 is -2.33. The Kier molecular flexibility index (Phi) is 3.10.